The number of anilines is 1. The quantitative estimate of drug-likeness (QED) is 0.326. The normalized spacial score (nSPS) is 10.7. The third-order valence-electron chi connectivity index (χ3n) is 3.36. The first-order valence-electron chi connectivity index (χ1n) is 8.20. The van der Waals surface area contributed by atoms with Crippen molar-refractivity contribution in [1.82, 2.24) is 10.6 Å². The second kappa shape index (κ2) is 11.7. The smallest absolute Gasteiger partial charge is 0.221 e. The number of guanidine groups is 1. The van der Waals surface area contributed by atoms with Crippen LogP contribution < -0.4 is 16.0 Å². The number of hydrogen-bond acceptors (Lipinski definition) is 2. The van der Waals surface area contributed by atoms with Crippen LogP contribution in [0.25, 0.3) is 0 Å². The van der Waals surface area contributed by atoms with Gasteiger partial charge in [-0.3, -0.25) is 4.79 Å². The zero-order chi connectivity index (χ0) is 18.1. The summed E-state index contributed by atoms with van der Waals surface area (Å²) in [5.74, 6) is 0.647. The van der Waals surface area contributed by atoms with E-state index in [-0.39, 0.29) is 29.9 Å². The highest BCUT2D eigenvalue weighted by molar-refractivity contribution is 14.0. The molecular formula is C19H24ClIN4O. The van der Waals surface area contributed by atoms with E-state index in [9.17, 15) is 4.79 Å². The minimum absolute atomic E-state index is 0. The van der Waals surface area contributed by atoms with Gasteiger partial charge in [0.1, 0.15) is 0 Å². The number of hydrogen-bond donors (Lipinski definition) is 3. The average Bonchev–Trinajstić information content (AvgIpc) is 2.57. The van der Waals surface area contributed by atoms with Crippen molar-refractivity contribution in [2.24, 2.45) is 4.99 Å². The van der Waals surface area contributed by atoms with E-state index < -0.39 is 0 Å². The van der Waals surface area contributed by atoms with Crippen LogP contribution in [-0.4, -0.2) is 18.4 Å². The fourth-order valence-corrected chi connectivity index (χ4v) is 2.51. The van der Waals surface area contributed by atoms with Crippen LogP contribution in [0.5, 0.6) is 0 Å². The third-order valence-corrected chi connectivity index (χ3v) is 3.60. The van der Waals surface area contributed by atoms with E-state index in [0.29, 0.717) is 18.1 Å². The van der Waals surface area contributed by atoms with Crippen molar-refractivity contribution >= 4 is 53.1 Å². The van der Waals surface area contributed by atoms with E-state index in [2.05, 4.69) is 20.9 Å². The minimum atomic E-state index is -0.0819. The van der Waals surface area contributed by atoms with E-state index >= 15 is 0 Å². The number of amides is 1. The molecule has 0 aromatic heterocycles. The lowest BCUT2D eigenvalue weighted by Gasteiger charge is -2.12. The van der Waals surface area contributed by atoms with Crippen LogP contribution in [0.1, 0.15) is 25.0 Å². The third kappa shape index (κ3) is 8.05. The SMILES string of the molecule is CCNC(=NCc1cccc(Cl)c1)NCc1cccc(NC(C)=O)c1.I. The molecule has 0 spiro atoms. The van der Waals surface area contributed by atoms with Crippen LogP contribution in [0.3, 0.4) is 0 Å². The largest absolute Gasteiger partial charge is 0.357 e. The Hall–Kier alpha value is -1.80. The van der Waals surface area contributed by atoms with Gasteiger partial charge in [-0.15, -0.1) is 24.0 Å². The first-order valence-corrected chi connectivity index (χ1v) is 8.57. The molecule has 0 aliphatic rings. The summed E-state index contributed by atoms with van der Waals surface area (Å²) in [6, 6.07) is 15.4. The van der Waals surface area contributed by atoms with Crippen molar-refractivity contribution < 1.29 is 4.79 Å². The Bertz CT molecular complexity index is 752. The molecule has 1 amide bonds. The van der Waals surface area contributed by atoms with Gasteiger partial charge in [-0.2, -0.15) is 0 Å². The van der Waals surface area contributed by atoms with Crippen LogP contribution in [-0.2, 0) is 17.9 Å². The Kier molecular flexibility index (Phi) is 10.0. The van der Waals surface area contributed by atoms with Crippen molar-refractivity contribution in [3.63, 3.8) is 0 Å². The Labute approximate surface area is 176 Å². The highest BCUT2D eigenvalue weighted by Gasteiger charge is 2.01. The molecule has 2 aromatic rings. The molecule has 0 aliphatic heterocycles. The van der Waals surface area contributed by atoms with Crippen molar-refractivity contribution in [2.75, 3.05) is 11.9 Å². The number of halogens is 2. The van der Waals surface area contributed by atoms with E-state index in [1.165, 1.54) is 6.92 Å². The maximum Gasteiger partial charge on any atom is 0.221 e. The van der Waals surface area contributed by atoms with Crippen LogP contribution in [0.2, 0.25) is 5.02 Å². The molecule has 0 saturated heterocycles. The van der Waals surface area contributed by atoms with Gasteiger partial charge in [0.25, 0.3) is 0 Å². The lowest BCUT2D eigenvalue weighted by molar-refractivity contribution is -0.114. The van der Waals surface area contributed by atoms with Crippen LogP contribution in [0, 0.1) is 0 Å². The molecule has 0 fully saturated rings. The highest BCUT2D eigenvalue weighted by Crippen LogP contribution is 2.12. The molecule has 2 aromatic carbocycles. The molecule has 0 bridgehead atoms. The average molecular weight is 487 g/mol. The van der Waals surface area contributed by atoms with Crippen LogP contribution >= 0.6 is 35.6 Å². The van der Waals surface area contributed by atoms with Gasteiger partial charge >= 0.3 is 0 Å². The van der Waals surface area contributed by atoms with Gasteiger partial charge in [0, 0.05) is 30.7 Å². The number of rotatable bonds is 6. The molecule has 26 heavy (non-hydrogen) atoms. The highest BCUT2D eigenvalue weighted by atomic mass is 127. The minimum Gasteiger partial charge on any atom is -0.357 e. The molecule has 0 heterocycles. The summed E-state index contributed by atoms with van der Waals surface area (Å²) in [7, 11) is 0. The maximum atomic E-state index is 11.2. The second-order valence-electron chi connectivity index (χ2n) is 5.56. The molecular weight excluding hydrogens is 463 g/mol. The first kappa shape index (κ1) is 22.2. The lowest BCUT2D eigenvalue weighted by Crippen LogP contribution is -2.36. The molecule has 0 atom stereocenters. The summed E-state index contributed by atoms with van der Waals surface area (Å²) < 4.78 is 0. The number of carbonyl (C=O) groups is 1. The standard InChI is InChI=1S/C19H23ClN4O.HI/c1-3-21-19(22-12-15-6-4-8-17(20)10-15)23-13-16-7-5-9-18(11-16)24-14(2)25;/h4-11H,3,12-13H2,1-2H3,(H,24,25)(H2,21,22,23);1H. The molecule has 0 unspecified atom stereocenters. The number of nitrogens with zero attached hydrogens (tertiary/aromatic N) is 1. The summed E-state index contributed by atoms with van der Waals surface area (Å²) in [5, 5.41) is 10.0. The van der Waals surface area contributed by atoms with E-state index in [4.69, 9.17) is 11.6 Å². The molecule has 0 radical (unpaired) electrons. The Morgan fingerprint density at radius 1 is 1.08 bits per heavy atom. The predicted octanol–water partition coefficient (Wildman–Crippen LogP) is 4.17. The number of nitrogens with one attached hydrogen (secondary N) is 3. The van der Waals surface area contributed by atoms with Crippen molar-refractivity contribution in [2.45, 2.75) is 26.9 Å². The summed E-state index contributed by atoms with van der Waals surface area (Å²) >= 11 is 6.00. The van der Waals surface area contributed by atoms with Crippen molar-refractivity contribution in [3.05, 3.63) is 64.7 Å². The predicted molar refractivity (Wildman–Crippen MR) is 119 cm³/mol. The summed E-state index contributed by atoms with van der Waals surface area (Å²) in [5.41, 5.74) is 2.89. The van der Waals surface area contributed by atoms with Gasteiger partial charge in [-0.25, -0.2) is 4.99 Å². The first-order chi connectivity index (χ1) is 12.1. The molecule has 5 nitrogen and oxygen atoms in total. The topological polar surface area (TPSA) is 65.5 Å². The number of benzene rings is 2. The molecule has 2 rings (SSSR count). The second-order valence-corrected chi connectivity index (χ2v) is 6.00. The van der Waals surface area contributed by atoms with Gasteiger partial charge in [-0.1, -0.05) is 35.9 Å². The Morgan fingerprint density at radius 3 is 2.50 bits per heavy atom. The molecule has 3 N–H and O–H groups in total. The molecule has 0 aliphatic carbocycles. The van der Waals surface area contributed by atoms with Gasteiger partial charge in [-0.05, 0) is 42.3 Å². The zero-order valence-corrected chi connectivity index (χ0v) is 18.0. The Morgan fingerprint density at radius 2 is 1.81 bits per heavy atom. The van der Waals surface area contributed by atoms with E-state index in [1.807, 2.05) is 55.5 Å². The maximum absolute atomic E-state index is 11.2. The summed E-state index contributed by atoms with van der Waals surface area (Å²) in [4.78, 5) is 15.7. The van der Waals surface area contributed by atoms with Gasteiger partial charge in [0.15, 0.2) is 5.96 Å². The van der Waals surface area contributed by atoms with E-state index in [0.717, 1.165) is 29.3 Å². The molecule has 7 heteroatoms. The number of aliphatic imine (C=N–C) groups is 1. The summed E-state index contributed by atoms with van der Waals surface area (Å²) in [6.07, 6.45) is 0. The van der Waals surface area contributed by atoms with Crippen molar-refractivity contribution in [3.8, 4) is 0 Å². The van der Waals surface area contributed by atoms with Crippen LogP contribution in [0.4, 0.5) is 5.69 Å². The van der Waals surface area contributed by atoms with Gasteiger partial charge in [0.2, 0.25) is 5.91 Å². The lowest BCUT2D eigenvalue weighted by atomic mass is 10.2. The van der Waals surface area contributed by atoms with Crippen LogP contribution in [0.15, 0.2) is 53.5 Å². The van der Waals surface area contributed by atoms with Gasteiger partial charge in [0.05, 0.1) is 6.54 Å². The Balaban J connectivity index is 0.00000338. The fraction of sp³-hybridized carbons (Fsp3) is 0.263. The number of carbonyl (C=O) groups excluding carboxylic acids is 1. The monoisotopic (exact) mass is 486 g/mol. The zero-order valence-electron chi connectivity index (χ0n) is 14.9. The summed E-state index contributed by atoms with van der Waals surface area (Å²) in [6.45, 7) is 5.44. The van der Waals surface area contributed by atoms with Crippen molar-refractivity contribution in [1.29, 1.82) is 0 Å². The fourth-order valence-electron chi connectivity index (χ4n) is 2.30. The van der Waals surface area contributed by atoms with E-state index in [1.54, 1.807) is 0 Å². The molecule has 140 valence electrons. The van der Waals surface area contributed by atoms with Gasteiger partial charge < -0.3 is 16.0 Å². The molecule has 0 saturated carbocycles.